The Kier molecular flexibility index (Phi) is 4.41. The largest absolute Gasteiger partial charge is 0.381 e. The quantitative estimate of drug-likeness (QED) is 0.483. The minimum Gasteiger partial charge on any atom is -0.381 e. The van der Waals surface area contributed by atoms with Gasteiger partial charge in [-0.1, -0.05) is 42.6 Å². The van der Waals surface area contributed by atoms with Gasteiger partial charge in [0.05, 0.1) is 21.2 Å². The van der Waals surface area contributed by atoms with Crippen LogP contribution in [0.1, 0.15) is 12.8 Å². The van der Waals surface area contributed by atoms with E-state index < -0.39 is 15.5 Å². The molecule has 4 atom stereocenters. The summed E-state index contributed by atoms with van der Waals surface area (Å²) in [4.78, 5) is 0.629. The van der Waals surface area contributed by atoms with E-state index in [0.29, 0.717) is 4.99 Å². The van der Waals surface area contributed by atoms with Crippen LogP contribution < -0.4 is 5.32 Å². The van der Waals surface area contributed by atoms with Crippen molar-refractivity contribution < 1.29 is 4.21 Å². The maximum absolute atomic E-state index is 12.5. The van der Waals surface area contributed by atoms with Crippen LogP contribution in [0.5, 0.6) is 0 Å². The average molecular weight is 302 g/mol. The van der Waals surface area contributed by atoms with Gasteiger partial charge in [0.2, 0.25) is 0 Å². The molecule has 2 rings (SSSR count). The van der Waals surface area contributed by atoms with Crippen LogP contribution in [-0.2, 0) is 10.8 Å². The van der Waals surface area contributed by atoms with Crippen LogP contribution >= 0.6 is 23.8 Å². The lowest BCUT2D eigenvalue weighted by Crippen LogP contribution is -2.52. The molecule has 1 aliphatic heterocycles. The number of halogens is 1. The molecule has 0 spiro atoms. The highest BCUT2D eigenvalue weighted by molar-refractivity contribution is 7.92. The molecule has 0 aromatic heterocycles. The first-order valence-corrected chi connectivity index (χ1v) is 7.98. The summed E-state index contributed by atoms with van der Waals surface area (Å²) in [5, 5.41) is 4.79. The molecule has 0 saturated heterocycles. The van der Waals surface area contributed by atoms with Gasteiger partial charge in [0, 0.05) is 18.4 Å². The Labute approximate surface area is 121 Å². The molecular formula is C13H16ClNOS2. The normalized spacial score (nSPS) is 38.7. The van der Waals surface area contributed by atoms with Crippen molar-refractivity contribution in [2.24, 2.45) is 5.92 Å². The molecule has 1 N–H and O–H groups in total. The molecule has 18 heavy (non-hydrogen) atoms. The predicted molar refractivity (Wildman–Crippen MR) is 82.3 cm³/mol. The summed E-state index contributed by atoms with van der Waals surface area (Å²) in [7, 11) is 0.641. The number of nitrogens with one attached hydrogen (secondary N) is 1. The molecule has 0 bridgehead atoms. The van der Waals surface area contributed by atoms with Crippen molar-refractivity contribution in [2.75, 3.05) is 7.05 Å². The van der Waals surface area contributed by atoms with Gasteiger partial charge in [0.1, 0.15) is 4.75 Å². The molecule has 0 aromatic rings. The van der Waals surface area contributed by atoms with Crippen LogP contribution in [0, 0.1) is 5.92 Å². The SMILES string of the molecule is CNC(=S)[C@@]1(C2C=CC(Cl)CC2)C=CC=C[S@]1=O. The van der Waals surface area contributed by atoms with Gasteiger partial charge in [0.25, 0.3) is 0 Å². The zero-order valence-corrected chi connectivity index (χ0v) is 12.5. The van der Waals surface area contributed by atoms with Crippen LogP contribution in [0.25, 0.3) is 0 Å². The molecule has 0 fully saturated rings. The lowest BCUT2D eigenvalue weighted by atomic mass is 9.82. The van der Waals surface area contributed by atoms with E-state index in [9.17, 15) is 4.21 Å². The van der Waals surface area contributed by atoms with E-state index in [2.05, 4.69) is 11.4 Å². The number of rotatable bonds is 2. The van der Waals surface area contributed by atoms with Gasteiger partial charge in [-0.15, -0.1) is 11.6 Å². The fourth-order valence-electron chi connectivity index (χ4n) is 2.44. The minimum atomic E-state index is -1.14. The van der Waals surface area contributed by atoms with E-state index in [4.69, 9.17) is 23.8 Å². The Bertz CT molecular complexity index is 458. The van der Waals surface area contributed by atoms with Gasteiger partial charge in [0.15, 0.2) is 0 Å². The Morgan fingerprint density at radius 1 is 1.44 bits per heavy atom. The first kappa shape index (κ1) is 14.0. The van der Waals surface area contributed by atoms with Crippen molar-refractivity contribution in [3.05, 3.63) is 35.8 Å². The van der Waals surface area contributed by atoms with E-state index in [-0.39, 0.29) is 11.3 Å². The third-order valence-electron chi connectivity index (χ3n) is 3.43. The summed E-state index contributed by atoms with van der Waals surface area (Å²) >= 11 is 11.5. The summed E-state index contributed by atoms with van der Waals surface area (Å²) in [5.74, 6) is 0.134. The molecule has 98 valence electrons. The smallest absolute Gasteiger partial charge is 0.124 e. The second kappa shape index (κ2) is 5.68. The molecule has 1 aliphatic carbocycles. The standard InChI is InChI=1S/C13H16ClNOS2/c1-15-12(17)13(8-2-3-9-18(13)16)10-4-6-11(14)7-5-10/h2-4,6,8-11H,5,7H2,1H3,(H,15,17)/t10?,11?,13-,18+/m0/s1. The first-order valence-electron chi connectivity index (χ1n) is 5.92. The van der Waals surface area contributed by atoms with Gasteiger partial charge in [-0.05, 0) is 12.8 Å². The zero-order valence-electron chi connectivity index (χ0n) is 10.1. The Morgan fingerprint density at radius 2 is 2.22 bits per heavy atom. The fraction of sp³-hybridized carbons (Fsp3) is 0.462. The predicted octanol–water partition coefficient (Wildman–Crippen LogP) is 2.68. The molecule has 0 radical (unpaired) electrons. The van der Waals surface area contributed by atoms with Gasteiger partial charge in [-0.25, -0.2) is 0 Å². The van der Waals surface area contributed by atoms with Crippen LogP contribution in [-0.4, -0.2) is 26.4 Å². The van der Waals surface area contributed by atoms with E-state index in [1.807, 2.05) is 24.3 Å². The second-order valence-corrected chi connectivity index (χ2v) is 6.95. The summed E-state index contributed by atoms with van der Waals surface area (Å²) in [6.07, 6.45) is 11.5. The van der Waals surface area contributed by atoms with Crippen molar-refractivity contribution in [3.63, 3.8) is 0 Å². The molecule has 0 saturated carbocycles. The van der Waals surface area contributed by atoms with Crippen molar-refractivity contribution in [2.45, 2.75) is 23.0 Å². The molecule has 5 heteroatoms. The maximum Gasteiger partial charge on any atom is 0.124 e. The summed E-state index contributed by atoms with van der Waals surface area (Å²) in [5.41, 5.74) is 0. The van der Waals surface area contributed by atoms with E-state index in [1.165, 1.54) is 0 Å². The van der Waals surface area contributed by atoms with Crippen molar-refractivity contribution in [1.82, 2.24) is 5.32 Å². The molecule has 2 nitrogen and oxygen atoms in total. The van der Waals surface area contributed by atoms with Crippen LogP contribution in [0.3, 0.4) is 0 Å². The van der Waals surface area contributed by atoms with Gasteiger partial charge < -0.3 is 5.32 Å². The molecule has 0 amide bonds. The first-order chi connectivity index (χ1) is 8.61. The van der Waals surface area contributed by atoms with E-state index >= 15 is 0 Å². The molecule has 2 unspecified atom stereocenters. The molecular weight excluding hydrogens is 286 g/mol. The average Bonchev–Trinajstić information content (AvgIpc) is 2.40. The molecule has 0 aromatic carbocycles. The number of hydrogen-bond acceptors (Lipinski definition) is 2. The number of thiocarbonyl (C=S) groups is 1. The Balaban J connectivity index is 2.40. The number of allylic oxidation sites excluding steroid dienone is 4. The second-order valence-electron chi connectivity index (χ2n) is 4.44. The maximum atomic E-state index is 12.5. The summed E-state index contributed by atoms with van der Waals surface area (Å²) in [6.45, 7) is 0. The lowest BCUT2D eigenvalue weighted by Gasteiger charge is -2.38. The highest BCUT2D eigenvalue weighted by atomic mass is 35.5. The number of hydrogen-bond donors (Lipinski definition) is 1. The Hall–Kier alpha value is -0.450. The topological polar surface area (TPSA) is 29.1 Å². The van der Waals surface area contributed by atoms with E-state index in [0.717, 1.165) is 12.8 Å². The Morgan fingerprint density at radius 3 is 2.78 bits per heavy atom. The van der Waals surface area contributed by atoms with Gasteiger partial charge in [-0.3, -0.25) is 4.21 Å². The van der Waals surface area contributed by atoms with Crippen molar-refractivity contribution in [1.29, 1.82) is 0 Å². The fourth-order valence-corrected chi connectivity index (χ4v) is 4.57. The highest BCUT2D eigenvalue weighted by Gasteiger charge is 2.45. The van der Waals surface area contributed by atoms with Crippen molar-refractivity contribution in [3.8, 4) is 0 Å². The van der Waals surface area contributed by atoms with Gasteiger partial charge in [-0.2, -0.15) is 0 Å². The van der Waals surface area contributed by atoms with Crippen LogP contribution in [0.15, 0.2) is 35.8 Å². The molecule has 2 aliphatic rings. The summed E-state index contributed by atoms with van der Waals surface area (Å²) < 4.78 is 11.9. The number of alkyl halides is 1. The van der Waals surface area contributed by atoms with Crippen molar-refractivity contribution >= 4 is 39.6 Å². The van der Waals surface area contributed by atoms with Gasteiger partial charge >= 0.3 is 0 Å². The third kappa shape index (κ3) is 2.33. The summed E-state index contributed by atoms with van der Waals surface area (Å²) in [6, 6.07) is 0. The monoisotopic (exact) mass is 301 g/mol. The van der Waals surface area contributed by atoms with E-state index in [1.54, 1.807) is 12.5 Å². The third-order valence-corrected chi connectivity index (χ3v) is 6.18. The zero-order chi connectivity index (χ0) is 13.2. The van der Waals surface area contributed by atoms with Crippen LogP contribution in [0.2, 0.25) is 0 Å². The highest BCUT2D eigenvalue weighted by Crippen LogP contribution is 2.38. The van der Waals surface area contributed by atoms with Crippen LogP contribution in [0.4, 0.5) is 0 Å². The molecule has 1 heterocycles. The lowest BCUT2D eigenvalue weighted by molar-refractivity contribution is 0.510. The minimum absolute atomic E-state index is 0.0815.